The number of nitrogens with zero attached hydrogens (tertiary/aromatic N) is 4. The number of piperazine rings is 3. The Morgan fingerprint density at radius 3 is 2.57 bits per heavy atom. The van der Waals surface area contributed by atoms with E-state index >= 15 is 0 Å². The van der Waals surface area contributed by atoms with E-state index in [9.17, 15) is 4.79 Å². The van der Waals surface area contributed by atoms with Gasteiger partial charge in [-0.2, -0.15) is 0 Å². The molecule has 1 amide bonds. The lowest BCUT2D eigenvalue weighted by atomic mass is 9.88. The zero-order valence-corrected chi connectivity index (χ0v) is 20.5. The highest BCUT2D eigenvalue weighted by molar-refractivity contribution is 14.0. The van der Waals surface area contributed by atoms with Crippen molar-refractivity contribution in [1.29, 1.82) is 0 Å². The van der Waals surface area contributed by atoms with E-state index in [-0.39, 0.29) is 36.4 Å². The van der Waals surface area contributed by atoms with Crippen LogP contribution in [0.25, 0.3) is 0 Å². The topological polar surface area (TPSA) is 63.2 Å². The molecule has 0 aromatic heterocycles. The van der Waals surface area contributed by atoms with Crippen LogP contribution < -0.4 is 10.6 Å². The SMILES string of the molecule is CN(C)C(=O)CN=C(NCC1CN2CCN1CC2)NC1CCc2ccccc2C1.I. The molecule has 2 unspecified atom stereocenters. The molecule has 0 spiro atoms. The first-order chi connectivity index (χ1) is 14.1. The molecule has 3 saturated heterocycles. The first kappa shape index (κ1) is 23.3. The number of carbonyl (C=O) groups excluding carboxylic acids is 1. The molecule has 2 atom stereocenters. The molecule has 2 N–H and O–H groups in total. The highest BCUT2D eigenvalue weighted by Gasteiger charge is 2.31. The van der Waals surface area contributed by atoms with Gasteiger partial charge in [0.25, 0.3) is 0 Å². The Kier molecular flexibility index (Phi) is 8.35. The highest BCUT2D eigenvalue weighted by atomic mass is 127. The zero-order valence-electron chi connectivity index (χ0n) is 18.1. The van der Waals surface area contributed by atoms with Crippen LogP contribution in [-0.2, 0) is 17.6 Å². The van der Waals surface area contributed by atoms with Crippen LogP contribution in [-0.4, -0.2) is 98.6 Å². The van der Waals surface area contributed by atoms with Crippen molar-refractivity contribution in [3.63, 3.8) is 0 Å². The molecule has 0 saturated carbocycles. The van der Waals surface area contributed by atoms with Crippen molar-refractivity contribution >= 4 is 35.8 Å². The summed E-state index contributed by atoms with van der Waals surface area (Å²) in [6.07, 6.45) is 3.17. The van der Waals surface area contributed by atoms with E-state index in [1.165, 1.54) is 24.2 Å². The molecule has 0 radical (unpaired) electrons. The molecule has 1 aliphatic carbocycles. The van der Waals surface area contributed by atoms with Crippen LogP contribution in [0.4, 0.5) is 0 Å². The maximum Gasteiger partial charge on any atom is 0.243 e. The molecule has 30 heavy (non-hydrogen) atoms. The van der Waals surface area contributed by atoms with Crippen LogP contribution in [0, 0.1) is 0 Å². The number of fused-ring (bicyclic) bond motifs is 4. The molecule has 2 bridgehead atoms. The number of likely N-dealkylation sites (N-methyl/N-ethyl adjacent to an activating group) is 1. The number of benzene rings is 1. The van der Waals surface area contributed by atoms with E-state index in [2.05, 4.69) is 49.7 Å². The van der Waals surface area contributed by atoms with Gasteiger partial charge in [0.05, 0.1) is 0 Å². The number of hydrogen-bond acceptors (Lipinski definition) is 4. The largest absolute Gasteiger partial charge is 0.355 e. The van der Waals surface area contributed by atoms with Gasteiger partial charge in [0.15, 0.2) is 5.96 Å². The van der Waals surface area contributed by atoms with E-state index in [1.807, 2.05) is 0 Å². The fraction of sp³-hybridized carbons (Fsp3) is 0.636. The molecule has 3 heterocycles. The maximum absolute atomic E-state index is 12.1. The molecular formula is C22H35IN6O. The summed E-state index contributed by atoms with van der Waals surface area (Å²) in [6.45, 7) is 6.85. The summed E-state index contributed by atoms with van der Waals surface area (Å²) in [7, 11) is 3.55. The summed E-state index contributed by atoms with van der Waals surface area (Å²) < 4.78 is 0. The van der Waals surface area contributed by atoms with Crippen LogP contribution in [0.5, 0.6) is 0 Å². The Hall–Kier alpha value is -1.39. The number of aliphatic imine (C=N–C) groups is 1. The summed E-state index contributed by atoms with van der Waals surface area (Å²) in [6, 6.07) is 9.56. The van der Waals surface area contributed by atoms with E-state index in [0.29, 0.717) is 12.1 Å². The summed E-state index contributed by atoms with van der Waals surface area (Å²) >= 11 is 0. The molecular weight excluding hydrogens is 491 g/mol. The van der Waals surface area contributed by atoms with Crippen LogP contribution in [0.2, 0.25) is 0 Å². The van der Waals surface area contributed by atoms with Gasteiger partial charge in [-0.15, -0.1) is 24.0 Å². The van der Waals surface area contributed by atoms with Crippen LogP contribution >= 0.6 is 24.0 Å². The molecule has 1 aromatic carbocycles. The minimum Gasteiger partial charge on any atom is -0.355 e. The van der Waals surface area contributed by atoms with Gasteiger partial charge in [-0.3, -0.25) is 14.6 Å². The summed E-state index contributed by atoms with van der Waals surface area (Å²) in [5.74, 6) is 0.786. The van der Waals surface area contributed by atoms with Crippen molar-refractivity contribution < 1.29 is 4.79 Å². The average molecular weight is 526 g/mol. The van der Waals surface area contributed by atoms with Crippen molar-refractivity contribution in [2.75, 3.05) is 59.9 Å². The minimum absolute atomic E-state index is 0. The predicted molar refractivity (Wildman–Crippen MR) is 132 cm³/mol. The monoisotopic (exact) mass is 526 g/mol. The number of amides is 1. The maximum atomic E-state index is 12.1. The van der Waals surface area contributed by atoms with Crippen LogP contribution in [0.3, 0.4) is 0 Å². The molecule has 166 valence electrons. The lowest BCUT2D eigenvalue weighted by molar-refractivity contribution is -0.127. The van der Waals surface area contributed by atoms with Gasteiger partial charge in [-0.05, 0) is 30.4 Å². The fourth-order valence-electron chi connectivity index (χ4n) is 4.59. The lowest BCUT2D eigenvalue weighted by Crippen LogP contribution is -2.64. The first-order valence-corrected chi connectivity index (χ1v) is 10.9. The Morgan fingerprint density at radius 2 is 1.90 bits per heavy atom. The Labute approximate surface area is 197 Å². The second-order valence-corrected chi connectivity index (χ2v) is 8.68. The minimum atomic E-state index is 0. The van der Waals surface area contributed by atoms with E-state index in [1.54, 1.807) is 19.0 Å². The highest BCUT2D eigenvalue weighted by Crippen LogP contribution is 2.21. The second-order valence-electron chi connectivity index (χ2n) is 8.68. The summed E-state index contributed by atoms with van der Waals surface area (Å²) in [4.78, 5) is 23.4. The number of nitrogens with one attached hydrogen (secondary N) is 2. The van der Waals surface area contributed by atoms with Gasteiger partial charge in [0.1, 0.15) is 6.54 Å². The second kappa shape index (κ2) is 10.8. The van der Waals surface area contributed by atoms with Crippen molar-refractivity contribution in [2.24, 2.45) is 4.99 Å². The van der Waals surface area contributed by atoms with E-state index < -0.39 is 0 Å². The van der Waals surface area contributed by atoms with Crippen molar-refractivity contribution in [3.8, 4) is 0 Å². The van der Waals surface area contributed by atoms with Gasteiger partial charge in [0.2, 0.25) is 5.91 Å². The van der Waals surface area contributed by atoms with E-state index in [4.69, 9.17) is 0 Å². The van der Waals surface area contributed by atoms with Gasteiger partial charge >= 0.3 is 0 Å². The van der Waals surface area contributed by atoms with Gasteiger partial charge in [0, 0.05) is 65.4 Å². The first-order valence-electron chi connectivity index (χ1n) is 10.9. The fourth-order valence-corrected chi connectivity index (χ4v) is 4.59. The summed E-state index contributed by atoms with van der Waals surface area (Å²) in [5.41, 5.74) is 2.88. The standard InChI is InChI=1S/C22H34N6O.HI/c1-26(2)21(29)15-24-22(23-14-20-16-27-9-11-28(20)12-10-27)25-19-8-7-17-5-3-4-6-18(17)13-19;/h3-6,19-20H,7-16H2,1-2H3,(H2,23,24,25);1H. The number of aryl methyl sites for hydroxylation is 1. The number of rotatable bonds is 5. The third-order valence-corrected chi connectivity index (χ3v) is 6.46. The molecule has 1 aromatic rings. The molecule has 4 aliphatic rings. The number of guanidine groups is 1. The normalized spacial score (nSPS) is 27.6. The Morgan fingerprint density at radius 1 is 1.17 bits per heavy atom. The number of hydrogen-bond donors (Lipinski definition) is 2. The average Bonchev–Trinajstić information content (AvgIpc) is 2.76. The molecule has 8 heteroatoms. The summed E-state index contributed by atoms with van der Waals surface area (Å²) in [5, 5.41) is 7.15. The Bertz CT molecular complexity index is 747. The molecule has 3 aliphatic heterocycles. The van der Waals surface area contributed by atoms with Crippen molar-refractivity contribution in [3.05, 3.63) is 35.4 Å². The van der Waals surface area contributed by atoms with Crippen molar-refractivity contribution in [1.82, 2.24) is 25.3 Å². The third kappa shape index (κ3) is 5.85. The Balaban J connectivity index is 0.00000256. The lowest BCUT2D eigenvalue weighted by Gasteiger charge is -2.47. The smallest absolute Gasteiger partial charge is 0.243 e. The van der Waals surface area contributed by atoms with Crippen molar-refractivity contribution in [2.45, 2.75) is 31.3 Å². The quantitative estimate of drug-likeness (QED) is 0.338. The van der Waals surface area contributed by atoms with Crippen LogP contribution in [0.1, 0.15) is 17.5 Å². The van der Waals surface area contributed by atoms with Gasteiger partial charge < -0.3 is 15.5 Å². The predicted octanol–water partition coefficient (Wildman–Crippen LogP) is 0.785. The zero-order chi connectivity index (χ0) is 20.2. The van der Waals surface area contributed by atoms with Gasteiger partial charge in [-0.25, -0.2) is 4.99 Å². The third-order valence-electron chi connectivity index (χ3n) is 6.46. The number of carbonyl (C=O) groups is 1. The number of halogens is 1. The molecule has 5 rings (SSSR count). The molecule has 7 nitrogen and oxygen atoms in total. The van der Waals surface area contributed by atoms with E-state index in [0.717, 1.165) is 51.4 Å². The van der Waals surface area contributed by atoms with Gasteiger partial charge in [-0.1, -0.05) is 24.3 Å². The molecule has 3 fully saturated rings. The van der Waals surface area contributed by atoms with Crippen LogP contribution in [0.15, 0.2) is 29.3 Å².